The molecule has 0 unspecified atom stereocenters. The predicted octanol–water partition coefficient (Wildman–Crippen LogP) is 3.77. The highest BCUT2D eigenvalue weighted by molar-refractivity contribution is 6.01. The molecule has 2 aromatic rings. The SMILES string of the molecule is CC(=O)N(CC(=O)Nc1ccc(OC(C)C)cc1)c1ccc(C)cc1. The van der Waals surface area contributed by atoms with Crippen molar-refractivity contribution in [2.24, 2.45) is 0 Å². The van der Waals surface area contributed by atoms with Crippen LogP contribution in [0.2, 0.25) is 0 Å². The standard InChI is InChI=1S/C20H24N2O3/c1-14(2)25-19-11-7-17(8-12-19)21-20(24)13-22(16(4)23)18-9-5-15(3)6-10-18/h5-12,14H,13H2,1-4H3,(H,21,24). The molecule has 0 spiro atoms. The summed E-state index contributed by atoms with van der Waals surface area (Å²) in [5, 5.41) is 2.80. The molecule has 0 fully saturated rings. The summed E-state index contributed by atoms with van der Waals surface area (Å²) in [6.07, 6.45) is 0.0964. The van der Waals surface area contributed by atoms with Gasteiger partial charge in [0.05, 0.1) is 6.10 Å². The van der Waals surface area contributed by atoms with Crippen LogP contribution in [0.15, 0.2) is 48.5 Å². The number of rotatable bonds is 6. The fourth-order valence-electron chi connectivity index (χ4n) is 2.34. The summed E-state index contributed by atoms with van der Waals surface area (Å²) >= 11 is 0. The molecule has 0 saturated carbocycles. The van der Waals surface area contributed by atoms with Crippen LogP contribution in [-0.2, 0) is 9.59 Å². The average Bonchev–Trinajstić information content (AvgIpc) is 2.55. The van der Waals surface area contributed by atoms with Gasteiger partial charge in [-0.3, -0.25) is 9.59 Å². The molecule has 0 atom stereocenters. The van der Waals surface area contributed by atoms with Crippen molar-refractivity contribution in [3.8, 4) is 5.75 Å². The minimum Gasteiger partial charge on any atom is -0.491 e. The molecule has 0 saturated heterocycles. The Kier molecular flexibility index (Phi) is 6.17. The number of aryl methyl sites for hydroxylation is 1. The van der Waals surface area contributed by atoms with E-state index in [1.54, 1.807) is 24.3 Å². The van der Waals surface area contributed by atoms with Gasteiger partial charge in [-0.25, -0.2) is 0 Å². The topological polar surface area (TPSA) is 58.6 Å². The number of ether oxygens (including phenoxy) is 1. The second-order valence-corrected chi connectivity index (χ2v) is 6.18. The van der Waals surface area contributed by atoms with E-state index < -0.39 is 0 Å². The molecule has 2 amide bonds. The summed E-state index contributed by atoms with van der Waals surface area (Å²) in [6, 6.07) is 14.7. The molecule has 0 aliphatic rings. The number of nitrogens with one attached hydrogen (secondary N) is 1. The van der Waals surface area contributed by atoms with Crippen molar-refractivity contribution in [3.05, 3.63) is 54.1 Å². The molecule has 2 aromatic carbocycles. The number of carbonyl (C=O) groups is 2. The largest absolute Gasteiger partial charge is 0.491 e. The van der Waals surface area contributed by atoms with Crippen LogP contribution in [0.5, 0.6) is 5.75 Å². The average molecular weight is 340 g/mol. The molecule has 0 radical (unpaired) electrons. The quantitative estimate of drug-likeness (QED) is 0.871. The molecule has 0 heterocycles. The predicted molar refractivity (Wildman–Crippen MR) is 100 cm³/mol. The van der Waals surface area contributed by atoms with E-state index in [0.717, 1.165) is 11.3 Å². The van der Waals surface area contributed by atoms with Gasteiger partial charge in [-0.05, 0) is 57.2 Å². The molecule has 5 nitrogen and oxygen atoms in total. The van der Waals surface area contributed by atoms with Crippen LogP contribution in [0.3, 0.4) is 0 Å². The monoisotopic (exact) mass is 340 g/mol. The van der Waals surface area contributed by atoms with E-state index in [0.29, 0.717) is 11.4 Å². The second kappa shape index (κ2) is 8.33. The minimum absolute atomic E-state index is 0.0390. The highest BCUT2D eigenvalue weighted by atomic mass is 16.5. The molecular weight excluding hydrogens is 316 g/mol. The van der Waals surface area contributed by atoms with Crippen molar-refractivity contribution in [3.63, 3.8) is 0 Å². The van der Waals surface area contributed by atoms with Crippen LogP contribution in [-0.4, -0.2) is 24.5 Å². The first-order valence-electron chi connectivity index (χ1n) is 8.26. The maximum absolute atomic E-state index is 12.3. The lowest BCUT2D eigenvalue weighted by atomic mass is 10.2. The third kappa shape index (κ3) is 5.64. The lowest BCUT2D eigenvalue weighted by Crippen LogP contribution is -2.36. The first-order chi connectivity index (χ1) is 11.8. The van der Waals surface area contributed by atoms with Gasteiger partial charge in [0.1, 0.15) is 12.3 Å². The van der Waals surface area contributed by atoms with Crippen LogP contribution in [0.25, 0.3) is 0 Å². The molecule has 132 valence electrons. The molecule has 1 N–H and O–H groups in total. The van der Waals surface area contributed by atoms with Crippen molar-refractivity contribution in [1.29, 1.82) is 0 Å². The third-order valence-corrected chi connectivity index (χ3v) is 3.54. The minimum atomic E-state index is -0.256. The van der Waals surface area contributed by atoms with E-state index in [2.05, 4.69) is 5.32 Å². The first kappa shape index (κ1) is 18.5. The number of anilines is 2. The Hall–Kier alpha value is -2.82. The smallest absolute Gasteiger partial charge is 0.244 e. The molecule has 0 aromatic heterocycles. The fraction of sp³-hybridized carbons (Fsp3) is 0.300. The Bertz CT molecular complexity index is 722. The Morgan fingerprint density at radius 1 is 1.04 bits per heavy atom. The van der Waals surface area contributed by atoms with Gasteiger partial charge in [0, 0.05) is 18.3 Å². The number of hydrogen-bond acceptors (Lipinski definition) is 3. The van der Waals surface area contributed by atoms with Crippen LogP contribution in [0, 0.1) is 6.92 Å². The maximum atomic E-state index is 12.3. The van der Waals surface area contributed by atoms with E-state index in [1.165, 1.54) is 11.8 Å². The summed E-state index contributed by atoms with van der Waals surface area (Å²) in [5.41, 5.74) is 2.46. The van der Waals surface area contributed by atoms with Gasteiger partial charge < -0.3 is 15.0 Å². The van der Waals surface area contributed by atoms with Gasteiger partial charge >= 0.3 is 0 Å². The summed E-state index contributed by atoms with van der Waals surface area (Å²) in [4.78, 5) is 25.6. The second-order valence-electron chi connectivity index (χ2n) is 6.18. The third-order valence-electron chi connectivity index (χ3n) is 3.54. The molecule has 0 aliphatic carbocycles. The number of amides is 2. The van der Waals surface area contributed by atoms with Crippen LogP contribution >= 0.6 is 0 Å². The summed E-state index contributed by atoms with van der Waals surface area (Å²) in [5.74, 6) is 0.311. The normalized spacial score (nSPS) is 10.4. The highest BCUT2D eigenvalue weighted by Crippen LogP contribution is 2.18. The van der Waals surface area contributed by atoms with Crippen LogP contribution < -0.4 is 15.0 Å². The zero-order valence-electron chi connectivity index (χ0n) is 15.1. The lowest BCUT2D eigenvalue weighted by molar-refractivity contribution is -0.120. The molecule has 2 rings (SSSR count). The Balaban J connectivity index is 2.01. The van der Waals surface area contributed by atoms with Crippen molar-refractivity contribution in [2.45, 2.75) is 33.8 Å². The van der Waals surface area contributed by atoms with E-state index in [1.807, 2.05) is 45.0 Å². The van der Waals surface area contributed by atoms with E-state index in [4.69, 9.17) is 4.74 Å². The molecule has 0 aliphatic heterocycles. The van der Waals surface area contributed by atoms with Crippen LogP contribution in [0.4, 0.5) is 11.4 Å². The van der Waals surface area contributed by atoms with Gasteiger partial charge in [0.25, 0.3) is 0 Å². The van der Waals surface area contributed by atoms with Gasteiger partial charge in [-0.1, -0.05) is 17.7 Å². The lowest BCUT2D eigenvalue weighted by Gasteiger charge is -2.21. The summed E-state index contributed by atoms with van der Waals surface area (Å²) in [7, 11) is 0. The van der Waals surface area contributed by atoms with E-state index >= 15 is 0 Å². The van der Waals surface area contributed by atoms with Crippen molar-refractivity contribution in [1.82, 2.24) is 0 Å². The number of hydrogen-bond donors (Lipinski definition) is 1. The zero-order chi connectivity index (χ0) is 18.4. The maximum Gasteiger partial charge on any atom is 0.244 e. The van der Waals surface area contributed by atoms with Gasteiger partial charge in [0.2, 0.25) is 11.8 Å². The first-order valence-corrected chi connectivity index (χ1v) is 8.26. The van der Waals surface area contributed by atoms with Crippen molar-refractivity contribution >= 4 is 23.2 Å². The number of nitrogens with zero attached hydrogens (tertiary/aromatic N) is 1. The molecule has 25 heavy (non-hydrogen) atoms. The fourth-order valence-corrected chi connectivity index (χ4v) is 2.34. The van der Waals surface area contributed by atoms with Crippen LogP contribution in [0.1, 0.15) is 26.3 Å². The molecule has 0 bridgehead atoms. The Morgan fingerprint density at radius 3 is 2.16 bits per heavy atom. The van der Waals surface area contributed by atoms with E-state index in [9.17, 15) is 9.59 Å². The number of benzene rings is 2. The summed E-state index contributed by atoms with van der Waals surface area (Å²) < 4.78 is 5.57. The van der Waals surface area contributed by atoms with E-state index in [-0.39, 0.29) is 24.5 Å². The van der Waals surface area contributed by atoms with Gasteiger partial charge in [-0.2, -0.15) is 0 Å². The van der Waals surface area contributed by atoms with Gasteiger partial charge in [-0.15, -0.1) is 0 Å². The summed E-state index contributed by atoms with van der Waals surface area (Å²) in [6.45, 7) is 7.29. The molecular formula is C20H24N2O3. The van der Waals surface area contributed by atoms with Crippen molar-refractivity contribution in [2.75, 3.05) is 16.8 Å². The number of carbonyl (C=O) groups excluding carboxylic acids is 2. The molecule has 5 heteroatoms. The zero-order valence-corrected chi connectivity index (χ0v) is 15.1. The van der Waals surface area contributed by atoms with Crippen molar-refractivity contribution < 1.29 is 14.3 Å². The van der Waals surface area contributed by atoms with Gasteiger partial charge in [0.15, 0.2) is 0 Å². The Morgan fingerprint density at radius 2 is 1.64 bits per heavy atom. The highest BCUT2D eigenvalue weighted by Gasteiger charge is 2.15. The Labute approximate surface area is 148 Å².